The Morgan fingerprint density at radius 1 is 1.07 bits per heavy atom. The summed E-state index contributed by atoms with van der Waals surface area (Å²) in [4.78, 5) is 41.2. The summed E-state index contributed by atoms with van der Waals surface area (Å²) in [5.74, 6) is -0.116. The van der Waals surface area contributed by atoms with E-state index in [2.05, 4.69) is 27.3 Å². The molecule has 3 rings (SSSR count). The van der Waals surface area contributed by atoms with E-state index in [1.807, 2.05) is 0 Å². The number of carbonyl (C=O) groups is 1. The van der Waals surface area contributed by atoms with Gasteiger partial charge in [-0.2, -0.15) is 0 Å². The minimum absolute atomic E-state index is 0.116. The van der Waals surface area contributed by atoms with Gasteiger partial charge in [-0.05, 0) is 32.1 Å². The molecule has 8 heteroatoms. The molecule has 0 bridgehead atoms. The highest BCUT2D eigenvalue weighted by Gasteiger charge is 2.13. The Balaban J connectivity index is 1.44. The number of aryl methyl sites for hydroxylation is 1. The highest BCUT2D eigenvalue weighted by Crippen LogP contribution is 2.03. The average molecular weight is 373 g/mol. The molecular formula is C19H27N5O3. The SMILES string of the molecule is CN1CCN(CCCNC(=O)CCn2[nH]c(=O)c3ccccc3c2=O)CC1. The van der Waals surface area contributed by atoms with Crippen LogP contribution in [0.4, 0.5) is 0 Å². The zero-order valence-corrected chi connectivity index (χ0v) is 15.7. The molecule has 2 heterocycles. The number of aromatic amines is 1. The molecule has 2 aromatic rings. The summed E-state index contributed by atoms with van der Waals surface area (Å²) in [5, 5.41) is 6.17. The van der Waals surface area contributed by atoms with E-state index in [0.29, 0.717) is 17.3 Å². The molecule has 8 nitrogen and oxygen atoms in total. The molecule has 27 heavy (non-hydrogen) atoms. The van der Waals surface area contributed by atoms with Gasteiger partial charge in [0, 0.05) is 39.1 Å². The van der Waals surface area contributed by atoms with Crippen LogP contribution in [0.1, 0.15) is 12.8 Å². The van der Waals surface area contributed by atoms with Crippen molar-refractivity contribution < 1.29 is 4.79 Å². The van der Waals surface area contributed by atoms with Crippen LogP contribution in [0.25, 0.3) is 10.8 Å². The minimum Gasteiger partial charge on any atom is -0.356 e. The highest BCUT2D eigenvalue weighted by molar-refractivity contribution is 5.80. The summed E-state index contributed by atoms with van der Waals surface area (Å²) in [6.07, 6.45) is 1.06. The number of H-pyrrole nitrogens is 1. The van der Waals surface area contributed by atoms with Crippen molar-refractivity contribution >= 4 is 16.7 Å². The van der Waals surface area contributed by atoms with Crippen LogP contribution >= 0.6 is 0 Å². The van der Waals surface area contributed by atoms with Crippen LogP contribution in [0, 0.1) is 0 Å². The fourth-order valence-corrected chi connectivity index (χ4v) is 3.31. The number of piperazine rings is 1. The molecule has 1 aliphatic rings. The first kappa shape index (κ1) is 19.3. The van der Waals surface area contributed by atoms with Crippen molar-refractivity contribution in [2.24, 2.45) is 0 Å². The second kappa shape index (κ2) is 8.96. The summed E-state index contributed by atoms with van der Waals surface area (Å²) >= 11 is 0. The number of nitrogens with one attached hydrogen (secondary N) is 2. The topological polar surface area (TPSA) is 90.4 Å². The number of amides is 1. The maximum absolute atomic E-state index is 12.4. The fraction of sp³-hybridized carbons (Fsp3) is 0.526. The second-order valence-corrected chi connectivity index (χ2v) is 7.04. The molecule has 0 unspecified atom stereocenters. The van der Waals surface area contributed by atoms with Crippen molar-refractivity contribution in [3.63, 3.8) is 0 Å². The number of carbonyl (C=O) groups excluding carboxylic acids is 1. The molecule has 146 valence electrons. The Kier molecular flexibility index (Phi) is 6.41. The molecule has 1 fully saturated rings. The van der Waals surface area contributed by atoms with Gasteiger partial charge in [-0.1, -0.05) is 12.1 Å². The van der Waals surface area contributed by atoms with Gasteiger partial charge in [-0.15, -0.1) is 0 Å². The first-order valence-electron chi connectivity index (χ1n) is 9.44. The smallest absolute Gasteiger partial charge is 0.273 e. The van der Waals surface area contributed by atoms with Crippen molar-refractivity contribution in [3.05, 3.63) is 45.0 Å². The van der Waals surface area contributed by atoms with Gasteiger partial charge in [-0.3, -0.25) is 19.5 Å². The Hall–Kier alpha value is -2.45. The molecule has 1 aromatic heterocycles. The number of aromatic nitrogens is 2. The zero-order valence-electron chi connectivity index (χ0n) is 15.7. The molecule has 1 aromatic carbocycles. The number of fused-ring (bicyclic) bond motifs is 1. The molecule has 0 spiro atoms. The van der Waals surface area contributed by atoms with Crippen molar-refractivity contribution in [1.82, 2.24) is 24.9 Å². The van der Waals surface area contributed by atoms with E-state index in [9.17, 15) is 14.4 Å². The first-order valence-corrected chi connectivity index (χ1v) is 9.44. The Morgan fingerprint density at radius 3 is 2.52 bits per heavy atom. The summed E-state index contributed by atoms with van der Waals surface area (Å²) < 4.78 is 1.22. The van der Waals surface area contributed by atoms with Crippen LogP contribution in [0.15, 0.2) is 33.9 Å². The van der Waals surface area contributed by atoms with Crippen molar-refractivity contribution in [3.8, 4) is 0 Å². The van der Waals surface area contributed by atoms with Crippen LogP contribution in [0.5, 0.6) is 0 Å². The normalized spacial score (nSPS) is 15.9. The third-order valence-electron chi connectivity index (χ3n) is 5.02. The van der Waals surface area contributed by atoms with Gasteiger partial charge in [0.25, 0.3) is 11.1 Å². The highest BCUT2D eigenvalue weighted by atomic mass is 16.2. The van der Waals surface area contributed by atoms with E-state index >= 15 is 0 Å². The zero-order chi connectivity index (χ0) is 19.2. The van der Waals surface area contributed by atoms with Crippen LogP contribution in [0.3, 0.4) is 0 Å². The Bertz CT molecular complexity index is 896. The minimum atomic E-state index is -0.321. The average Bonchev–Trinajstić information content (AvgIpc) is 2.68. The molecule has 0 radical (unpaired) electrons. The fourth-order valence-electron chi connectivity index (χ4n) is 3.31. The summed E-state index contributed by atoms with van der Waals surface area (Å²) in [6, 6.07) is 6.69. The van der Waals surface area contributed by atoms with Gasteiger partial charge in [0.15, 0.2) is 0 Å². The second-order valence-electron chi connectivity index (χ2n) is 7.04. The van der Waals surface area contributed by atoms with E-state index in [1.54, 1.807) is 24.3 Å². The molecule has 2 N–H and O–H groups in total. The summed E-state index contributed by atoms with van der Waals surface area (Å²) in [6.45, 7) is 6.07. The van der Waals surface area contributed by atoms with E-state index in [-0.39, 0.29) is 30.0 Å². The molecule has 1 aliphatic heterocycles. The van der Waals surface area contributed by atoms with Gasteiger partial charge in [0.2, 0.25) is 5.91 Å². The van der Waals surface area contributed by atoms with Gasteiger partial charge < -0.3 is 15.1 Å². The number of rotatable bonds is 7. The van der Waals surface area contributed by atoms with Gasteiger partial charge in [0.1, 0.15) is 0 Å². The lowest BCUT2D eigenvalue weighted by Crippen LogP contribution is -2.45. The largest absolute Gasteiger partial charge is 0.356 e. The van der Waals surface area contributed by atoms with Crippen LogP contribution in [-0.2, 0) is 11.3 Å². The maximum atomic E-state index is 12.4. The number of benzene rings is 1. The van der Waals surface area contributed by atoms with E-state index < -0.39 is 0 Å². The van der Waals surface area contributed by atoms with Crippen molar-refractivity contribution in [2.75, 3.05) is 46.3 Å². The lowest BCUT2D eigenvalue weighted by molar-refractivity contribution is -0.121. The lowest BCUT2D eigenvalue weighted by atomic mass is 10.2. The number of hydrogen-bond acceptors (Lipinski definition) is 5. The van der Waals surface area contributed by atoms with E-state index in [0.717, 1.165) is 39.1 Å². The predicted octanol–water partition coefficient (Wildman–Crippen LogP) is -0.166. The summed E-state index contributed by atoms with van der Waals surface area (Å²) in [5.41, 5.74) is -0.606. The molecular weight excluding hydrogens is 346 g/mol. The van der Waals surface area contributed by atoms with Crippen molar-refractivity contribution in [2.45, 2.75) is 19.4 Å². The molecule has 0 atom stereocenters. The Labute approximate surface area is 157 Å². The third-order valence-corrected chi connectivity index (χ3v) is 5.02. The number of likely N-dealkylation sites (N-methyl/N-ethyl adjacent to an activating group) is 1. The first-order chi connectivity index (χ1) is 13.0. The van der Waals surface area contributed by atoms with Crippen LogP contribution < -0.4 is 16.4 Å². The van der Waals surface area contributed by atoms with Gasteiger partial charge in [-0.25, -0.2) is 4.68 Å². The summed E-state index contributed by atoms with van der Waals surface area (Å²) in [7, 11) is 2.13. The molecule has 1 saturated heterocycles. The van der Waals surface area contributed by atoms with Crippen molar-refractivity contribution in [1.29, 1.82) is 0 Å². The lowest BCUT2D eigenvalue weighted by Gasteiger charge is -2.32. The molecule has 1 amide bonds. The van der Waals surface area contributed by atoms with Crippen LogP contribution in [0.2, 0.25) is 0 Å². The molecule has 0 saturated carbocycles. The predicted molar refractivity (Wildman–Crippen MR) is 105 cm³/mol. The standard InChI is InChI=1S/C19H27N5O3/c1-22-11-13-23(14-12-22)9-4-8-20-17(25)7-10-24-19(27)16-6-3-2-5-15(16)18(26)21-24/h2-3,5-6H,4,7-14H2,1H3,(H,20,25)(H,21,26). The number of nitrogens with zero attached hydrogens (tertiary/aromatic N) is 3. The maximum Gasteiger partial charge on any atom is 0.273 e. The monoisotopic (exact) mass is 373 g/mol. The Morgan fingerprint density at radius 2 is 1.78 bits per heavy atom. The van der Waals surface area contributed by atoms with E-state index in [4.69, 9.17) is 0 Å². The van der Waals surface area contributed by atoms with E-state index in [1.165, 1.54) is 4.68 Å². The molecule has 0 aliphatic carbocycles. The quantitative estimate of drug-likeness (QED) is 0.658. The van der Waals surface area contributed by atoms with Gasteiger partial charge in [0.05, 0.1) is 17.3 Å². The van der Waals surface area contributed by atoms with Crippen LogP contribution in [-0.4, -0.2) is 71.8 Å². The van der Waals surface area contributed by atoms with Gasteiger partial charge >= 0.3 is 0 Å². The number of hydrogen-bond donors (Lipinski definition) is 2. The third kappa shape index (κ3) is 5.05.